The summed E-state index contributed by atoms with van der Waals surface area (Å²) < 4.78 is 0. The summed E-state index contributed by atoms with van der Waals surface area (Å²) >= 11 is 0. The van der Waals surface area contributed by atoms with E-state index in [0.717, 1.165) is 6.42 Å². The maximum Gasteiger partial charge on any atom is 0.336 e. The summed E-state index contributed by atoms with van der Waals surface area (Å²) in [7, 11) is 0. The molecule has 0 aliphatic rings. The minimum absolute atomic E-state index is 0.0837. The number of nitrogens with one attached hydrogen (secondary N) is 1. The first-order valence-electron chi connectivity index (χ1n) is 6.60. The number of benzene rings is 2. The van der Waals surface area contributed by atoms with Gasteiger partial charge in [0.05, 0.1) is 5.56 Å². The van der Waals surface area contributed by atoms with Gasteiger partial charge in [-0.05, 0) is 36.2 Å². The number of rotatable bonds is 4. The van der Waals surface area contributed by atoms with Gasteiger partial charge >= 0.3 is 5.97 Å². The Hall–Kier alpha value is -2.36. The Kier molecular flexibility index (Phi) is 4.03. The molecule has 0 fully saturated rings. The number of hydrogen-bond acceptors (Lipinski definition) is 2. The van der Waals surface area contributed by atoms with Crippen LogP contribution < -0.4 is 5.32 Å². The highest BCUT2D eigenvalue weighted by Crippen LogP contribution is 2.22. The summed E-state index contributed by atoms with van der Waals surface area (Å²) in [4.78, 5) is 23.5. The van der Waals surface area contributed by atoms with E-state index in [1.165, 1.54) is 0 Å². The van der Waals surface area contributed by atoms with Crippen LogP contribution >= 0.6 is 0 Å². The van der Waals surface area contributed by atoms with E-state index in [1.54, 1.807) is 36.4 Å². The van der Waals surface area contributed by atoms with Crippen molar-refractivity contribution in [2.75, 3.05) is 0 Å². The Bertz CT molecular complexity index is 664. The Morgan fingerprint density at radius 3 is 2.20 bits per heavy atom. The highest BCUT2D eigenvalue weighted by atomic mass is 16.4. The second-order valence-electron chi connectivity index (χ2n) is 4.79. The molecule has 20 heavy (non-hydrogen) atoms. The van der Waals surface area contributed by atoms with E-state index < -0.39 is 5.97 Å². The molecule has 0 aromatic heterocycles. The molecule has 0 saturated heterocycles. The molecule has 4 heteroatoms. The van der Waals surface area contributed by atoms with Gasteiger partial charge in [-0.2, -0.15) is 0 Å². The van der Waals surface area contributed by atoms with E-state index >= 15 is 0 Å². The Morgan fingerprint density at radius 2 is 1.65 bits per heavy atom. The second kappa shape index (κ2) is 5.74. The zero-order valence-electron chi connectivity index (χ0n) is 11.5. The minimum atomic E-state index is -0.991. The third-order valence-electron chi connectivity index (χ3n) is 3.39. The van der Waals surface area contributed by atoms with Crippen LogP contribution in [0.4, 0.5) is 0 Å². The predicted octanol–water partition coefficient (Wildman–Crippen LogP) is 3.07. The van der Waals surface area contributed by atoms with Crippen LogP contribution in [0.2, 0.25) is 0 Å². The lowest BCUT2D eigenvalue weighted by atomic mass is 9.99. The molecule has 0 heterocycles. The van der Waals surface area contributed by atoms with E-state index in [1.807, 2.05) is 13.8 Å². The number of aromatic carboxylic acids is 1. The van der Waals surface area contributed by atoms with Crippen molar-refractivity contribution in [1.82, 2.24) is 5.32 Å². The molecule has 0 aliphatic heterocycles. The molecule has 1 atom stereocenters. The SMILES string of the molecule is CCC(C)NC(=O)c1cccc2c(C(=O)O)cccc12. The van der Waals surface area contributed by atoms with Crippen molar-refractivity contribution in [3.05, 3.63) is 47.5 Å². The predicted molar refractivity (Wildman–Crippen MR) is 78.1 cm³/mol. The van der Waals surface area contributed by atoms with Gasteiger partial charge in [-0.3, -0.25) is 4.79 Å². The average molecular weight is 271 g/mol. The van der Waals surface area contributed by atoms with E-state index in [-0.39, 0.29) is 17.5 Å². The molecule has 2 aromatic rings. The first-order chi connectivity index (χ1) is 9.54. The molecule has 1 unspecified atom stereocenters. The number of carbonyl (C=O) groups is 2. The molecular formula is C16H17NO3. The van der Waals surface area contributed by atoms with Crippen LogP contribution in [-0.4, -0.2) is 23.0 Å². The first kappa shape index (κ1) is 14.1. The largest absolute Gasteiger partial charge is 0.478 e. The van der Waals surface area contributed by atoms with Crippen LogP contribution in [0.3, 0.4) is 0 Å². The Balaban J connectivity index is 2.53. The first-order valence-corrected chi connectivity index (χ1v) is 6.60. The summed E-state index contributed by atoms with van der Waals surface area (Å²) in [6.07, 6.45) is 0.844. The van der Waals surface area contributed by atoms with Gasteiger partial charge in [-0.15, -0.1) is 0 Å². The third kappa shape index (κ3) is 2.64. The number of carboxylic acid groups (broad SMARTS) is 1. The Morgan fingerprint density at radius 1 is 1.10 bits per heavy atom. The molecule has 0 aliphatic carbocycles. The highest BCUT2D eigenvalue weighted by Gasteiger charge is 2.15. The fraction of sp³-hybridized carbons (Fsp3) is 0.250. The van der Waals surface area contributed by atoms with E-state index in [4.69, 9.17) is 0 Å². The van der Waals surface area contributed by atoms with Gasteiger partial charge in [0, 0.05) is 11.6 Å². The number of fused-ring (bicyclic) bond motifs is 1. The van der Waals surface area contributed by atoms with Crippen molar-refractivity contribution in [3.8, 4) is 0 Å². The van der Waals surface area contributed by atoms with Crippen molar-refractivity contribution in [2.45, 2.75) is 26.3 Å². The molecule has 1 amide bonds. The van der Waals surface area contributed by atoms with Crippen LogP contribution in [0.5, 0.6) is 0 Å². The van der Waals surface area contributed by atoms with Crippen LogP contribution in [0, 0.1) is 0 Å². The molecule has 0 radical (unpaired) electrons. The smallest absolute Gasteiger partial charge is 0.336 e. The normalized spacial score (nSPS) is 12.1. The summed E-state index contributed by atoms with van der Waals surface area (Å²) in [6.45, 7) is 3.93. The van der Waals surface area contributed by atoms with E-state index in [2.05, 4.69) is 5.32 Å². The lowest BCUT2D eigenvalue weighted by Gasteiger charge is -2.13. The average Bonchev–Trinajstić information content (AvgIpc) is 2.45. The molecule has 0 spiro atoms. The van der Waals surface area contributed by atoms with Crippen molar-refractivity contribution in [1.29, 1.82) is 0 Å². The van der Waals surface area contributed by atoms with Crippen molar-refractivity contribution in [3.63, 3.8) is 0 Å². The molecule has 104 valence electrons. The fourth-order valence-corrected chi connectivity index (χ4v) is 2.10. The molecular weight excluding hydrogens is 254 g/mol. The monoisotopic (exact) mass is 271 g/mol. The molecule has 0 saturated carbocycles. The molecule has 0 bridgehead atoms. The number of hydrogen-bond donors (Lipinski definition) is 2. The van der Waals surface area contributed by atoms with Crippen molar-refractivity contribution in [2.24, 2.45) is 0 Å². The van der Waals surface area contributed by atoms with E-state index in [9.17, 15) is 14.7 Å². The summed E-state index contributed by atoms with van der Waals surface area (Å²) in [5, 5.41) is 13.3. The number of carboxylic acids is 1. The van der Waals surface area contributed by atoms with Crippen molar-refractivity contribution < 1.29 is 14.7 Å². The van der Waals surface area contributed by atoms with Crippen LogP contribution in [0.15, 0.2) is 36.4 Å². The maximum atomic E-state index is 12.3. The van der Waals surface area contributed by atoms with Gasteiger partial charge in [-0.1, -0.05) is 31.2 Å². The molecule has 2 aromatic carbocycles. The Labute approximate surface area is 117 Å². The lowest BCUT2D eigenvalue weighted by Crippen LogP contribution is -2.32. The lowest BCUT2D eigenvalue weighted by molar-refractivity contribution is 0.0698. The zero-order chi connectivity index (χ0) is 14.7. The standard InChI is InChI=1S/C16H17NO3/c1-3-10(2)17-15(18)13-8-4-7-12-11(13)6-5-9-14(12)16(19)20/h4-10H,3H2,1-2H3,(H,17,18)(H,19,20). The van der Waals surface area contributed by atoms with Gasteiger partial charge < -0.3 is 10.4 Å². The fourth-order valence-electron chi connectivity index (χ4n) is 2.10. The topological polar surface area (TPSA) is 66.4 Å². The summed E-state index contributed by atoms with van der Waals surface area (Å²) in [6, 6.07) is 10.2. The van der Waals surface area contributed by atoms with Crippen molar-refractivity contribution >= 4 is 22.6 Å². The number of amides is 1. The zero-order valence-corrected chi connectivity index (χ0v) is 11.5. The summed E-state index contributed by atoms with van der Waals surface area (Å²) in [5.41, 5.74) is 0.714. The molecule has 2 N–H and O–H groups in total. The molecule has 2 rings (SSSR count). The number of carbonyl (C=O) groups excluding carboxylic acids is 1. The summed E-state index contributed by atoms with van der Waals surface area (Å²) in [5.74, 6) is -1.16. The molecule has 4 nitrogen and oxygen atoms in total. The van der Waals surface area contributed by atoms with Gasteiger partial charge in [0.15, 0.2) is 0 Å². The maximum absolute atomic E-state index is 12.3. The highest BCUT2D eigenvalue weighted by molar-refractivity contribution is 6.12. The van der Waals surface area contributed by atoms with Gasteiger partial charge in [0.25, 0.3) is 5.91 Å². The van der Waals surface area contributed by atoms with E-state index in [0.29, 0.717) is 16.3 Å². The second-order valence-corrected chi connectivity index (χ2v) is 4.79. The van der Waals surface area contributed by atoms with Crippen LogP contribution in [0.25, 0.3) is 10.8 Å². The third-order valence-corrected chi connectivity index (χ3v) is 3.39. The van der Waals surface area contributed by atoms with Crippen LogP contribution in [0.1, 0.15) is 41.0 Å². The minimum Gasteiger partial charge on any atom is -0.478 e. The van der Waals surface area contributed by atoms with Gasteiger partial charge in [0.1, 0.15) is 0 Å². The van der Waals surface area contributed by atoms with Gasteiger partial charge in [0.2, 0.25) is 0 Å². The van der Waals surface area contributed by atoms with Gasteiger partial charge in [-0.25, -0.2) is 4.79 Å². The quantitative estimate of drug-likeness (QED) is 0.898. The van der Waals surface area contributed by atoms with Crippen LogP contribution in [-0.2, 0) is 0 Å².